The minimum Gasteiger partial charge on any atom is -0.394 e. The number of nitrogens with one attached hydrogen (secondary N) is 1. The maximum absolute atomic E-state index is 14.1. The third-order valence-corrected chi connectivity index (χ3v) is 3.84. The number of hydrogen-bond acceptors (Lipinski definition) is 2. The molecule has 0 spiro atoms. The molecule has 1 atom stereocenters. The fourth-order valence-corrected chi connectivity index (χ4v) is 2.44. The van der Waals surface area contributed by atoms with Crippen LogP contribution >= 0.6 is 11.6 Å². The van der Waals surface area contributed by atoms with Gasteiger partial charge in [-0.1, -0.05) is 48.9 Å². The lowest BCUT2D eigenvalue weighted by Crippen LogP contribution is -2.39. The van der Waals surface area contributed by atoms with Crippen molar-refractivity contribution in [1.82, 2.24) is 0 Å². The summed E-state index contributed by atoms with van der Waals surface area (Å²) in [5, 5.41) is 13.6. The number of anilines is 1. The van der Waals surface area contributed by atoms with Gasteiger partial charge in [-0.15, -0.1) is 0 Å². The molecule has 20 heavy (non-hydrogen) atoms. The molecule has 0 amide bonds. The van der Waals surface area contributed by atoms with E-state index in [0.29, 0.717) is 22.7 Å². The van der Waals surface area contributed by atoms with Gasteiger partial charge in [0.15, 0.2) is 0 Å². The van der Waals surface area contributed by atoms with Gasteiger partial charge in [0.1, 0.15) is 5.82 Å². The van der Waals surface area contributed by atoms with Gasteiger partial charge < -0.3 is 10.4 Å². The van der Waals surface area contributed by atoms with Crippen molar-refractivity contribution >= 4 is 17.3 Å². The summed E-state index contributed by atoms with van der Waals surface area (Å²) in [7, 11) is 0. The first-order valence-corrected chi connectivity index (χ1v) is 6.89. The Morgan fingerprint density at radius 3 is 2.40 bits per heavy atom. The molecule has 0 aromatic heterocycles. The maximum atomic E-state index is 14.1. The lowest BCUT2D eigenvalue weighted by molar-refractivity contribution is 0.204. The second-order valence-electron chi connectivity index (χ2n) is 4.68. The Morgan fingerprint density at radius 1 is 1.15 bits per heavy atom. The van der Waals surface area contributed by atoms with E-state index in [-0.39, 0.29) is 12.4 Å². The van der Waals surface area contributed by atoms with Crippen molar-refractivity contribution in [3.05, 3.63) is 64.9 Å². The van der Waals surface area contributed by atoms with Crippen LogP contribution in [-0.4, -0.2) is 11.7 Å². The third-order valence-electron chi connectivity index (χ3n) is 3.51. The molecular weight excluding hydrogens is 277 g/mol. The van der Waals surface area contributed by atoms with Gasteiger partial charge in [-0.2, -0.15) is 0 Å². The predicted octanol–water partition coefficient (Wildman–Crippen LogP) is 4.19. The van der Waals surface area contributed by atoms with Crippen LogP contribution in [0.1, 0.15) is 18.9 Å². The molecule has 0 aliphatic carbocycles. The highest BCUT2D eigenvalue weighted by Crippen LogP contribution is 2.33. The SMILES string of the molecule is CCC(CO)(Nc1ccccc1Cl)c1ccccc1F. The van der Waals surface area contributed by atoms with Crippen molar-refractivity contribution in [3.8, 4) is 0 Å². The highest BCUT2D eigenvalue weighted by atomic mass is 35.5. The van der Waals surface area contributed by atoms with E-state index in [2.05, 4.69) is 5.32 Å². The molecule has 2 N–H and O–H groups in total. The van der Waals surface area contributed by atoms with Crippen molar-refractivity contribution in [2.75, 3.05) is 11.9 Å². The van der Waals surface area contributed by atoms with Crippen molar-refractivity contribution in [2.45, 2.75) is 18.9 Å². The molecular formula is C16H17ClFNO. The summed E-state index contributed by atoms with van der Waals surface area (Å²) < 4.78 is 14.1. The van der Waals surface area contributed by atoms with Gasteiger partial charge in [0.2, 0.25) is 0 Å². The molecule has 4 heteroatoms. The number of aliphatic hydroxyl groups is 1. The molecule has 2 aromatic carbocycles. The standard InChI is InChI=1S/C16H17ClFNO/c1-2-16(11-20,12-7-3-5-9-14(12)18)19-15-10-6-4-8-13(15)17/h3-10,19-20H,2,11H2,1H3. The summed E-state index contributed by atoms with van der Waals surface area (Å²) in [4.78, 5) is 0. The maximum Gasteiger partial charge on any atom is 0.128 e. The second-order valence-corrected chi connectivity index (χ2v) is 5.09. The average Bonchev–Trinajstić information content (AvgIpc) is 2.48. The Bertz CT molecular complexity index is 584. The van der Waals surface area contributed by atoms with Crippen LogP contribution in [0.4, 0.5) is 10.1 Å². The monoisotopic (exact) mass is 293 g/mol. The van der Waals surface area contributed by atoms with E-state index in [1.165, 1.54) is 6.07 Å². The normalized spacial score (nSPS) is 13.8. The third kappa shape index (κ3) is 2.79. The van der Waals surface area contributed by atoms with Gasteiger partial charge in [-0.3, -0.25) is 0 Å². The molecule has 1 unspecified atom stereocenters. The molecule has 0 bridgehead atoms. The molecule has 0 fully saturated rings. The van der Waals surface area contributed by atoms with Crippen LogP contribution in [0.5, 0.6) is 0 Å². The minimum atomic E-state index is -0.893. The summed E-state index contributed by atoms with van der Waals surface area (Å²) in [6.45, 7) is 1.67. The highest BCUT2D eigenvalue weighted by molar-refractivity contribution is 6.33. The lowest BCUT2D eigenvalue weighted by atomic mass is 9.87. The van der Waals surface area contributed by atoms with E-state index in [4.69, 9.17) is 11.6 Å². The molecule has 2 aromatic rings. The van der Waals surface area contributed by atoms with Crippen LogP contribution in [0.15, 0.2) is 48.5 Å². The molecule has 0 heterocycles. The molecule has 0 aliphatic heterocycles. The van der Waals surface area contributed by atoms with Gasteiger partial charge in [0, 0.05) is 5.56 Å². The largest absolute Gasteiger partial charge is 0.394 e. The zero-order valence-corrected chi connectivity index (χ0v) is 12.0. The molecule has 0 saturated heterocycles. The molecule has 0 radical (unpaired) electrons. The number of hydrogen-bond donors (Lipinski definition) is 2. The Labute approximate surface area is 123 Å². The minimum absolute atomic E-state index is 0.227. The zero-order valence-electron chi connectivity index (χ0n) is 11.2. The van der Waals surface area contributed by atoms with E-state index in [9.17, 15) is 9.50 Å². The summed E-state index contributed by atoms with van der Waals surface area (Å²) in [5.74, 6) is -0.344. The van der Waals surface area contributed by atoms with E-state index >= 15 is 0 Å². The van der Waals surface area contributed by atoms with Gasteiger partial charge >= 0.3 is 0 Å². The van der Waals surface area contributed by atoms with Crippen LogP contribution in [0, 0.1) is 5.82 Å². The van der Waals surface area contributed by atoms with Crippen LogP contribution in [0.3, 0.4) is 0 Å². The van der Waals surface area contributed by atoms with E-state index in [1.807, 2.05) is 25.1 Å². The second kappa shape index (κ2) is 6.25. The molecule has 0 saturated carbocycles. The van der Waals surface area contributed by atoms with Crippen molar-refractivity contribution in [2.24, 2.45) is 0 Å². The van der Waals surface area contributed by atoms with Crippen LogP contribution in [0.2, 0.25) is 5.02 Å². The first-order chi connectivity index (χ1) is 9.63. The number of aliphatic hydroxyl groups excluding tert-OH is 1. The van der Waals surface area contributed by atoms with E-state index in [1.54, 1.807) is 24.3 Å². The topological polar surface area (TPSA) is 32.3 Å². The fraction of sp³-hybridized carbons (Fsp3) is 0.250. The van der Waals surface area contributed by atoms with E-state index in [0.717, 1.165) is 0 Å². The fourth-order valence-electron chi connectivity index (χ4n) is 2.25. The first kappa shape index (κ1) is 14.8. The summed E-state index contributed by atoms with van der Waals surface area (Å²) >= 11 is 6.13. The van der Waals surface area contributed by atoms with Gasteiger partial charge in [0.05, 0.1) is 22.9 Å². The summed E-state index contributed by atoms with van der Waals surface area (Å²) in [6.07, 6.45) is 0.523. The predicted molar refractivity (Wildman–Crippen MR) is 80.5 cm³/mol. The number of rotatable bonds is 5. The Morgan fingerprint density at radius 2 is 1.80 bits per heavy atom. The molecule has 2 rings (SSSR count). The average molecular weight is 294 g/mol. The quantitative estimate of drug-likeness (QED) is 0.866. The van der Waals surface area contributed by atoms with Gasteiger partial charge in [0.25, 0.3) is 0 Å². The first-order valence-electron chi connectivity index (χ1n) is 6.51. The number of benzene rings is 2. The smallest absolute Gasteiger partial charge is 0.128 e. The van der Waals surface area contributed by atoms with Crippen molar-refractivity contribution in [3.63, 3.8) is 0 Å². The molecule has 0 aliphatic rings. The zero-order chi connectivity index (χ0) is 14.6. The van der Waals surface area contributed by atoms with E-state index < -0.39 is 5.54 Å². The molecule has 2 nitrogen and oxygen atoms in total. The Balaban J connectivity index is 2.46. The Hall–Kier alpha value is -1.58. The van der Waals surface area contributed by atoms with Gasteiger partial charge in [-0.25, -0.2) is 4.39 Å². The Kier molecular flexibility index (Phi) is 4.63. The lowest BCUT2D eigenvalue weighted by Gasteiger charge is -2.34. The summed E-state index contributed by atoms with van der Waals surface area (Å²) in [5.41, 5.74) is 0.217. The summed E-state index contributed by atoms with van der Waals surface area (Å²) in [6, 6.07) is 13.7. The van der Waals surface area contributed by atoms with Crippen LogP contribution in [0.25, 0.3) is 0 Å². The van der Waals surface area contributed by atoms with Crippen molar-refractivity contribution < 1.29 is 9.50 Å². The highest BCUT2D eigenvalue weighted by Gasteiger charge is 2.32. The van der Waals surface area contributed by atoms with Gasteiger partial charge in [-0.05, 0) is 24.6 Å². The van der Waals surface area contributed by atoms with Crippen LogP contribution < -0.4 is 5.32 Å². The number of para-hydroxylation sites is 1. The molecule has 106 valence electrons. The van der Waals surface area contributed by atoms with Crippen molar-refractivity contribution in [1.29, 1.82) is 0 Å². The van der Waals surface area contributed by atoms with Crippen LogP contribution in [-0.2, 0) is 5.54 Å². The number of halogens is 2.